The number of aryl methyl sites for hydroxylation is 1. The highest BCUT2D eigenvalue weighted by atomic mass is 19.4. The summed E-state index contributed by atoms with van der Waals surface area (Å²) in [6, 6.07) is 6.43. The number of benzene rings is 1. The maximum atomic E-state index is 12.9. The summed E-state index contributed by atoms with van der Waals surface area (Å²) in [6.45, 7) is 1.83. The van der Waals surface area contributed by atoms with E-state index in [0.717, 1.165) is 23.9 Å². The number of fused-ring (bicyclic) bond motifs is 1. The number of hydrogen-bond acceptors (Lipinski definition) is 7. The molecule has 0 saturated heterocycles. The second-order valence-corrected chi connectivity index (χ2v) is 6.52. The summed E-state index contributed by atoms with van der Waals surface area (Å²) in [6.07, 6.45) is 0.735. The third-order valence-corrected chi connectivity index (χ3v) is 4.38. The molecule has 0 saturated carbocycles. The average Bonchev–Trinajstić information content (AvgIpc) is 2.75. The first kappa shape index (κ1) is 20.1. The van der Waals surface area contributed by atoms with Gasteiger partial charge in [0.2, 0.25) is 0 Å². The summed E-state index contributed by atoms with van der Waals surface area (Å²) in [5.74, 6) is -0.384. The maximum Gasteiger partial charge on any atom is 0.416 e. The van der Waals surface area contributed by atoms with Crippen molar-refractivity contribution in [2.45, 2.75) is 13.1 Å². The molecule has 1 amide bonds. The van der Waals surface area contributed by atoms with Crippen molar-refractivity contribution in [3.8, 4) is 0 Å². The van der Waals surface area contributed by atoms with E-state index in [1.807, 2.05) is 6.92 Å². The van der Waals surface area contributed by atoms with Crippen LogP contribution in [-0.4, -0.2) is 30.8 Å². The predicted molar refractivity (Wildman–Crippen MR) is 107 cm³/mol. The van der Waals surface area contributed by atoms with E-state index in [0.29, 0.717) is 22.5 Å². The van der Waals surface area contributed by atoms with Crippen LogP contribution in [0.2, 0.25) is 0 Å². The van der Waals surface area contributed by atoms with Gasteiger partial charge in [-0.15, -0.1) is 0 Å². The number of rotatable bonds is 4. The molecule has 0 spiro atoms. The topological polar surface area (TPSA) is 106 Å². The Morgan fingerprint density at radius 3 is 2.65 bits per heavy atom. The summed E-state index contributed by atoms with van der Waals surface area (Å²) >= 11 is 0. The van der Waals surface area contributed by atoms with E-state index >= 15 is 0 Å². The Hall–Kier alpha value is -4.15. The molecule has 8 nitrogen and oxygen atoms in total. The summed E-state index contributed by atoms with van der Waals surface area (Å²) in [7, 11) is 0. The SMILES string of the molecule is Cc1ccc(C(=O)Nc2cc(C(F)(F)F)ccn2)cc1Nc1ncnc2cncnc12. The number of aromatic nitrogens is 5. The van der Waals surface area contributed by atoms with E-state index in [4.69, 9.17) is 0 Å². The van der Waals surface area contributed by atoms with Crippen LogP contribution in [0.4, 0.5) is 30.5 Å². The van der Waals surface area contributed by atoms with Crippen LogP contribution >= 0.6 is 0 Å². The predicted octanol–water partition coefficient (Wildman–Crippen LogP) is 4.14. The number of anilines is 3. The Balaban J connectivity index is 1.60. The van der Waals surface area contributed by atoms with Crippen molar-refractivity contribution in [2.75, 3.05) is 10.6 Å². The van der Waals surface area contributed by atoms with Gasteiger partial charge in [0.1, 0.15) is 29.5 Å². The fourth-order valence-electron chi connectivity index (χ4n) is 2.79. The molecule has 0 fully saturated rings. The van der Waals surface area contributed by atoms with E-state index in [9.17, 15) is 18.0 Å². The van der Waals surface area contributed by atoms with E-state index in [1.54, 1.807) is 24.4 Å². The Labute approximate surface area is 173 Å². The van der Waals surface area contributed by atoms with Gasteiger partial charge in [0.05, 0.1) is 11.8 Å². The molecule has 0 aliphatic rings. The number of carbonyl (C=O) groups excluding carboxylic acids is 1. The Bertz CT molecular complexity index is 1270. The van der Waals surface area contributed by atoms with E-state index in [-0.39, 0.29) is 11.4 Å². The normalized spacial score (nSPS) is 11.4. The van der Waals surface area contributed by atoms with Crippen molar-refractivity contribution >= 4 is 34.3 Å². The van der Waals surface area contributed by atoms with E-state index in [1.165, 1.54) is 12.7 Å². The number of carbonyl (C=O) groups is 1. The summed E-state index contributed by atoms with van der Waals surface area (Å²) < 4.78 is 38.6. The number of pyridine rings is 1. The molecule has 0 aliphatic carbocycles. The number of amides is 1. The molecule has 0 bridgehead atoms. The molecule has 3 heterocycles. The van der Waals surface area contributed by atoms with Crippen LogP contribution in [0.15, 0.2) is 55.4 Å². The minimum Gasteiger partial charge on any atom is -0.338 e. The molecular formula is C20H14F3N7O. The number of nitrogens with one attached hydrogen (secondary N) is 2. The molecular weight excluding hydrogens is 411 g/mol. The summed E-state index contributed by atoms with van der Waals surface area (Å²) in [5, 5.41) is 5.50. The third-order valence-electron chi connectivity index (χ3n) is 4.38. The monoisotopic (exact) mass is 425 g/mol. The first-order chi connectivity index (χ1) is 14.8. The van der Waals surface area contributed by atoms with Crippen LogP contribution in [0.3, 0.4) is 0 Å². The van der Waals surface area contributed by atoms with Gasteiger partial charge in [-0.05, 0) is 36.8 Å². The fourth-order valence-corrected chi connectivity index (χ4v) is 2.79. The van der Waals surface area contributed by atoms with Crippen LogP contribution in [0.5, 0.6) is 0 Å². The Morgan fingerprint density at radius 2 is 1.84 bits per heavy atom. The maximum absolute atomic E-state index is 12.9. The van der Waals surface area contributed by atoms with Crippen LogP contribution in [0.25, 0.3) is 11.0 Å². The number of hydrogen-bond donors (Lipinski definition) is 2. The standard InChI is InChI=1S/C20H14F3N7O/c1-11-2-3-12(19(31)30-16-7-13(4-5-25-16)20(21,22)23)6-14(11)29-18-17-15(26-10-28-18)8-24-9-27-17/h2-10H,1H3,(H,25,30,31)(H,26,28,29). The van der Waals surface area contributed by atoms with Gasteiger partial charge in [0.15, 0.2) is 5.82 Å². The molecule has 11 heteroatoms. The highest BCUT2D eigenvalue weighted by molar-refractivity contribution is 6.04. The largest absolute Gasteiger partial charge is 0.416 e. The number of nitrogens with zero attached hydrogens (tertiary/aromatic N) is 5. The molecule has 0 atom stereocenters. The van der Waals surface area contributed by atoms with Crippen LogP contribution in [0, 0.1) is 6.92 Å². The number of halogens is 3. The molecule has 0 radical (unpaired) electrons. The van der Waals surface area contributed by atoms with Crippen LogP contribution in [0.1, 0.15) is 21.5 Å². The second kappa shape index (κ2) is 7.94. The summed E-state index contributed by atoms with van der Waals surface area (Å²) in [5.41, 5.74) is 1.75. The molecule has 2 N–H and O–H groups in total. The average molecular weight is 425 g/mol. The van der Waals surface area contributed by atoms with Gasteiger partial charge >= 0.3 is 6.18 Å². The molecule has 0 aliphatic heterocycles. The zero-order valence-electron chi connectivity index (χ0n) is 16.0. The van der Waals surface area contributed by atoms with Gasteiger partial charge in [-0.25, -0.2) is 24.9 Å². The van der Waals surface area contributed by atoms with Gasteiger partial charge in [-0.3, -0.25) is 4.79 Å². The Kier molecular flexibility index (Phi) is 5.15. The molecule has 3 aromatic heterocycles. The lowest BCUT2D eigenvalue weighted by Gasteiger charge is -2.12. The van der Waals surface area contributed by atoms with Crippen molar-refractivity contribution in [1.82, 2.24) is 24.9 Å². The fraction of sp³-hybridized carbons (Fsp3) is 0.100. The lowest BCUT2D eigenvalue weighted by Crippen LogP contribution is -2.14. The first-order valence-electron chi connectivity index (χ1n) is 8.94. The molecule has 31 heavy (non-hydrogen) atoms. The minimum atomic E-state index is -4.53. The third kappa shape index (κ3) is 4.39. The van der Waals surface area contributed by atoms with E-state index < -0.39 is 17.6 Å². The van der Waals surface area contributed by atoms with Gasteiger partial charge in [-0.1, -0.05) is 6.07 Å². The quantitative estimate of drug-likeness (QED) is 0.506. The molecule has 1 aromatic carbocycles. The van der Waals surface area contributed by atoms with Gasteiger partial charge < -0.3 is 10.6 Å². The van der Waals surface area contributed by atoms with Crippen molar-refractivity contribution in [3.63, 3.8) is 0 Å². The van der Waals surface area contributed by atoms with Crippen LogP contribution < -0.4 is 10.6 Å². The van der Waals surface area contributed by atoms with Crippen LogP contribution in [-0.2, 0) is 6.18 Å². The highest BCUT2D eigenvalue weighted by Gasteiger charge is 2.30. The number of alkyl halides is 3. The lowest BCUT2D eigenvalue weighted by molar-refractivity contribution is -0.137. The first-order valence-corrected chi connectivity index (χ1v) is 8.94. The van der Waals surface area contributed by atoms with E-state index in [2.05, 4.69) is 35.6 Å². The molecule has 4 aromatic rings. The zero-order valence-corrected chi connectivity index (χ0v) is 16.0. The molecule has 0 unspecified atom stereocenters. The van der Waals surface area contributed by atoms with Gasteiger partial charge in [0.25, 0.3) is 5.91 Å². The minimum absolute atomic E-state index is 0.201. The van der Waals surface area contributed by atoms with Gasteiger partial charge in [-0.2, -0.15) is 13.2 Å². The van der Waals surface area contributed by atoms with Crippen molar-refractivity contribution < 1.29 is 18.0 Å². The van der Waals surface area contributed by atoms with Gasteiger partial charge in [0, 0.05) is 17.4 Å². The Morgan fingerprint density at radius 1 is 1.00 bits per heavy atom. The zero-order chi connectivity index (χ0) is 22.0. The van der Waals surface area contributed by atoms with Crippen molar-refractivity contribution in [1.29, 1.82) is 0 Å². The van der Waals surface area contributed by atoms with Crippen molar-refractivity contribution in [2.24, 2.45) is 0 Å². The highest BCUT2D eigenvalue weighted by Crippen LogP contribution is 2.30. The summed E-state index contributed by atoms with van der Waals surface area (Å²) in [4.78, 5) is 32.8. The lowest BCUT2D eigenvalue weighted by atomic mass is 10.1. The molecule has 4 rings (SSSR count). The molecule has 156 valence electrons. The van der Waals surface area contributed by atoms with Crippen molar-refractivity contribution in [3.05, 3.63) is 72.1 Å². The smallest absolute Gasteiger partial charge is 0.338 e. The second-order valence-electron chi connectivity index (χ2n) is 6.52.